The van der Waals surface area contributed by atoms with Crippen LogP contribution in [-0.4, -0.2) is 94.2 Å². The average molecular weight is 1080 g/mol. The highest BCUT2D eigenvalue weighted by atomic mass is 32.2. The van der Waals surface area contributed by atoms with E-state index in [-0.39, 0.29) is 11.8 Å². The van der Waals surface area contributed by atoms with Crippen LogP contribution in [0.3, 0.4) is 0 Å². The third kappa shape index (κ3) is 14.3. The number of nitrogen functional groups attached to an aromatic ring is 1. The molecule has 6 aromatic rings. The van der Waals surface area contributed by atoms with E-state index in [0.29, 0.717) is 40.8 Å². The molecule has 0 amide bonds. The van der Waals surface area contributed by atoms with Crippen LogP contribution in [0.4, 0.5) is 17.6 Å². The zero-order valence-electron chi connectivity index (χ0n) is 44.1. The molecule has 0 unspecified atom stereocenters. The van der Waals surface area contributed by atoms with Crippen LogP contribution in [0.1, 0.15) is 100.0 Å². The number of likely N-dealkylation sites (tertiary alicyclic amines) is 2. The molecular weight excluding hydrogens is 1010 g/mol. The minimum atomic E-state index is -3.03. The number of piperidine rings is 2. The lowest BCUT2D eigenvalue weighted by Crippen LogP contribution is -2.39. The van der Waals surface area contributed by atoms with Gasteiger partial charge in [-0.1, -0.05) is 36.4 Å². The molecule has 15 nitrogen and oxygen atoms in total. The van der Waals surface area contributed by atoms with Gasteiger partial charge in [-0.05, 0) is 166 Å². The molecule has 2 saturated heterocycles. The number of anilines is 3. The lowest BCUT2D eigenvalue weighted by Gasteiger charge is -2.32. The number of hydrogen-bond donors (Lipinski definition) is 3. The molecule has 0 atom stereocenters. The Morgan fingerprint density at radius 3 is 1.38 bits per heavy atom. The monoisotopic (exact) mass is 1080 g/mol. The molecule has 0 saturated carbocycles. The standard InChI is InChI=1S/C30H35N5O3S2.C28H32N6OS/c1-20-15-24(17-31)16-21(2)27(20)38-29-28-26(5-4-14-39-28)33-30(34-29)32-25-10-12-35(13-11-25)18-22-6-8-23(9-7-22)19-40(3,36)37;1-18-14-21(16-29)15-19(2)25(18)35-27-26-24(4-3-13-36-26)32-28(33-27)31-23-9-11-34(12-10-23)17-20-5-7-22(30)8-6-20/h6-9,15-16,25H,4-5,10-14,18-19H2,1-3H3,(H,32,33,34);5-8,14-15,23H,3-4,9-13,17,30H2,1-2H3,(H,31,32,33). The normalized spacial score (nSPS) is 16.2. The number of nitrogens with two attached hydrogens (primary N) is 1. The van der Waals surface area contributed by atoms with Crippen LogP contribution in [0.5, 0.6) is 23.3 Å². The summed E-state index contributed by atoms with van der Waals surface area (Å²) in [6.07, 6.45) is 9.31. The first kappa shape index (κ1) is 54.4. The van der Waals surface area contributed by atoms with Crippen LogP contribution in [0, 0.1) is 50.4 Å². The predicted octanol–water partition coefficient (Wildman–Crippen LogP) is 10.9. The molecule has 0 bridgehead atoms. The zero-order chi connectivity index (χ0) is 53.3. The molecule has 2 aromatic heterocycles. The third-order valence-corrected chi connectivity index (χ3v) is 17.3. The summed E-state index contributed by atoms with van der Waals surface area (Å²) in [7, 11) is -3.03. The van der Waals surface area contributed by atoms with E-state index in [2.05, 4.69) is 44.7 Å². The van der Waals surface area contributed by atoms with Gasteiger partial charge < -0.3 is 25.8 Å². The largest absolute Gasteiger partial charge is 0.437 e. The van der Waals surface area contributed by atoms with Gasteiger partial charge in [0, 0.05) is 63.3 Å². The number of aryl methyl sites for hydroxylation is 6. The Labute approximate surface area is 456 Å². The molecule has 4 aliphatic rings. The van der Waals surface area contributed by atoms with E-state index in [9.17, 15) is 18.9 Å². The van der Waals surface area contributed by atoms with Crippen molar-refractivity contribution in [2.45, 2.75) is 120 Å². The molecule has 10 rings (SSSR count). The summed E-state index contributed by atoms with van der Waals surface area (Å²) in [6.45, 7) is 13.6. The maximum atomic E-state index is 11.5. The number of fused-ring (bicyclic) bond motifs is 2. The molecule has 0 aliphatic carbocycles. The summed E-state index contributed by atoms with van der Waals surface area (Å²) in [4.78, 5) is 26.4. The molecule has 4 N–H and O–H groups in total. The molecule has 6 heterocycles. The SMILES string of the molecule is Cc1cc(C#N)cc(C)c1Oc1nc(NC2CCN(Cc3ccc(CS(C)(=O)=O)cc3)CC2)nc2c1SCCC2.Cc1cc(C#N)cc(C)c1Oc1nc(NC2CCN(Cc3ccc(N)cc3)CC2)nc2c1SCCC2. The number of thioether (sulfide) groups is 2. The van der Waals surface area contributed by atoms with Gasteiger partial charge in [0.15, 0.2) is 9.84 Å². The van der Waals surface area contributed by atoms with Gasteiger partial charge >= 0.3 is 0 Å². The summed E-state index contributed by atoms with van der Waals surface area (Å²) in [5, 5.41) is 25.8. The summed E-state index contributed by atoms with van der Waals surface area (Å²) < 4.78 is 35.9. The van der Waals surface area contributed by atoms with Crippen LogP contribution < -0.4 is 25.8 Å². The fraction of sp³-hybridized carbons (Fsp3) is 0.414. The lowest BCUT2D eigenvalue weighted by molar-refractivity contribution is 0.211. The van der Waals surface area contributed by atoms with Crippen molar-refractivity contribution in [3.8, 4) is 35.4 Å². The molecule has 18 heteroatoms. The van der Waals surface area contributed by atoms with E-state index >= 15 is 0 Å². The molecule has 76 heavy (non-hydrogen) atoms. The quantitative estimate of drug-likeness (QED) is 0.0867. The second kappa shape index (κ2) is 24.7. The van der Waals surface area contributed by atoms with Gasteiger partial charge in [-0.15, -0.1) is 23.5 Å². The van der Waals surface area contributed by atoms with Crippen LogP contribution >= 0.6 is 23.5 Å². The smallest absolute Gasteiger partial charge is 0.238 e. The minimum Gasteiger partial charge on any atom is -0.437 e. The number of sulfone groups is 1. The van der Waals surface area contributed by atoms with E-state index in [0.717, 1.165) is 168 Å². The van der Waals surface area contributed by atoms with Crippen LogP contribution in [0.25, 0.3) is 0 Å². The number of hydrogen-bond acceptors (Lipinski definition) is 17. The summed E-state index contributed by atoms with van der Waals surface area (Å²) in [5.41, 5.74) is 17.0. The van der Waals surface area contributed by atoms with Crippen molar-refractivity contribution in [2.24, 2.45) is 0 Å². The first-order valence-corrected chi connectivity index (χ1v) is 30.2. The van der Waals surface area contributed by atoms with Crippen molar-refractivity contribution in [3.05, 3.63) is 134 Å². The third-order valence-electron chi connectivity index (χ3n) is 14.1. The average Bonchev–Trinajstić information content (AvgIpc) is 3.40. The Hall–Kier alpha value is -6.41. The van der Waals surface area contributed by atoms with E-state index in [1.807, 2.05) is 88.4 Å². The highest BCUT2D eigenvalue weighted by Gasteiger charge is 2.27. The summed E-state index contributed by atoms with van der Waals surface area (Å²) >= 11 is 3.51. The predicted molar refractivity (Wildman–Crippen MR) is 303 cm³/mol. The van der Waals surface area contributed by atoms with Crippen LogP contribution in [-0.2, 0) is 41.5 Å². The molecule has 396 valence electrons. The van der Waals surface area contributed by atoms with Crippen molar-refractivity contribution < 1.29 is 17.9 Å². The number of benzene rings is 4. The maximum Gasteiger partial charge on any atom is 0.238 e. The van der Waals surface area contributed by atoms with Crippen molar-refractivity contribution >= 4 is 50.9 Å². The maximum absolute atomic E-state index is 11.5. The first-order valence-electron chi connectivity index (χ1n) is 26.2. The van der Waals surface area contributed by atoms with Crippen molar-refractivity contribution in [1.82, 2.24) is 29.7 Å². The molecule has 2 fully saturated rings. The second-order valence-electron chi connectivity index (χ2n) is 20.5. The number of nitriles is 2. The molecular formula is C58H67N11O4S3. The van der Waals surface area contributed by atoms with E-state index in [1.54, 1.807) is 23.5 Å². The van der Waals surface area contributed by atoms with Crippen molar-refractivity contribution in [2.75, 3.05) is 60.3 Å². The van der Waals surface area contributed by atoms with Gasteiger partial charge in [0.05, 0.1) is 50.2 Å². The van der Waals surface area contributed by atoms with Crippen LogP contribution in [0.15, 0.2) is 82.6 Å². The molecule has 0 spiro atoms. The topological polar surface area (TPSA) is 208 Å². The second-order valence-corrected chi connectivity index (χ2v) is 24.8. The Morgan fingerprint density at radius 1 is 0.618 bits per heavy atom. The molecule has 4 aliphatic heterocycles. The fourth-order valence-electron chi connectivity index (χ4n) is 10.2. The lowest BCUT2D eigenvalue weighted by atomic mass is 10.0. The number of aromatic nitrogens is 4. The zero-order valence-corrected chi connectivity index (χ0v) is 46.6. The number of rotatable bonds is 14. The van der Waals surface area contributed by atoms with Crippen molar-refractivity contribution in [1.29, 1.82) is 10.5 Å². The van der Waals surface area contributed by atoms with Gasteiger partial charge in [-0.3, -0.25) is 9.80 Å². The molecule has 0 radical (unpaired) electrons. The van der Waals surface area contributed by atoms with Crippen molar-refractivity contribution in [3.63, 3.8) is 0 Å². The number of nitrogens with one attached hydrogen (secondary N) is 2. The first-order chi connectivity index (χ1) is 36.6. The highest BCUT2D eigenvalue weighted by molar-refractivity contribution is 7.99. The fourth-order valence-corrected chi connectivity index (χ4v) is 13.1. The summed E-state index contributed by atoms with van der Waals surface area (Å²) in [5.74, 6) is 6.10. The number of ether oxygens (including phenoxy) is 2. The van der Waals surface area contributed by atoms with Crippen LogP contribution in [0.2, 0.25) is 0 Å². The van der Waals surface area contributed by atoms with E-state index in [4.69, 9.17) is 35.1 Å². The Kier molecular flexibility index (Phi) is 17.7. The Morgan fingerprint density at radius 2 is 1.00 bits per heavy atom. The van der Waals surface area contributed by atoms with Gasteiger partial charge in [-0.2, -0.15) is 20.5 Å². The van der Waals surface area contributed by atoms with E-state index < -0.39 is 9.84 Å². The summed E-state index contributed by atoms with van der Waals surface area (Å²) in [6, 6.07) is 28.5. The highest BCUT2D eigenvalue weighted by Crippen LogP contribution is 2.42. The van der Waals surface area contributed by atoms with Gasteiger partial charge in [0.25, 0.3) is 0 Å². The number of nitrogens with zero attached hydrogens (tertiary/aromatic N) is 8. The van der Waals surface area contributed by atoms with Gasteiger partial charge in [0.1, 0.15) is 11.5 Å². The van der Waals surface area contributed by atoms with Gasteiger partial charge in [0.2, 0.25) is 23.7 Å². The van der Waals surface area contributed by atoms with E-state index in [1.165, 1.54) is 17.4 Å². The molecule has 4 aromatic carbocycles. The Balaban J connectivity index is 0.000000187. The minimum absolute atomic E-state index is 0.0766. The van der Waals surface area contributed by atoms with Gasteiger partial charge in [-0.25, -0.2) is 18.4 Å². The Bertz CT molecular complexity index is 3190.